The Kier molecular flexibility index (Phi) is 3.87. The van der Waals surface area contributed by atoms with Gasteiger partial charge in [0, 0.05) is 25.0 Å². The van der Waals surface area contributed by atoms with Crippen molar-refractivity contribution in [3.05, 3.63) is 77.5 Å². The average Bonchev–Trinajstić information content (AvgIpc) is 3.06. The van der Waals surface area contributed by atoms with Crippen molar-refractivity contribution in [2.24, 2.45) is 0 Å². The van der Waals surface area contributed by atoms with Crippen LogP contribution in [0.25, 0.3) is 0 Å². The van der Waals surface area contributed by atoms with Gasteiger partial charge in [-0.15, -0.1) is 0 Å². The van der Waals surface area contributed by atoms with Gasteiger partial charge in [-0.3, -0.25) is 0 Å². The second kappa shape index (κ2) is 6.32. The molecule has 4 rings (SSSR count). The van der Waals surface area contributed by atoms with E-state index in [4.69, 9.17) is 0 Å². The Morgan fingerprint density at radius 3 is 2.75 bits per heavy atom. The molecule has 0 atom stereocenters. The summed E-state index contributed by atoms with van der Waals surface area (Å²) in [5.74, 6) is 1.61. The molecule has 1 N–H and O–H groups in total. The van der Waals surface area contributed by atoms with Crippen LogP contribution in [0.5, 0.6) is 0 Å². The number of aryl methyl sites for hydroxylation is 1. The van der Waals surface area contributed by atoms with E-state index in [1.54, 1.807) is 0 Å². The van der Waals surface area contributed by atoms with Gasteiger partial charge in [0.1, 0.15) is 5.82 Å². The molecule has 24 heavy (non-hydrogen) atoms. The number of hydrogen-bond acceptors (Lipinski definition) is 4. The monoisotopic (exact) mass is 316 g/mol. The van der Waals surface area contributed by atoms with Crippen molar-refractivity contribution >= 4 is 17.5 Å². The number of rotatable bonds is 4. The third kappa shape index (κ3) is 2.95. The number of fused-ring (bicyclic) bond motifs is 1. The standard InChI is InChI=1S/C20H20N4/c1-15-6-8-16(9-7-15)14-22-20-21-12-10-19(23-20)24-13-11-17-4-2-3-5-18(17)24/h2-10,12H,11,13-14H2,1H3,(H,21,22,23). The van der Waals surface area contributed by atoms with Gasteiger partial charge in [0.15, 0.2) is 0 Å². The number of nitrogens with one attached hydrogen (secondary N) is 1. The molecule has 1 aliphatic rings. The molecule has 0 saturated carbocycles. The average molecular weight is 316 g/mol. The Bertz CT molecular complexity index is 842. The number of nitrogens with zero attached hydrogens (tertiary/aromatic N) is 3. The Hall–Kier alpha value is -2.88. The van der Waals surface area contributed by atoms with Gasteiger partial charge in [-0.2, -0.15) is 4.98 Å². The lowest BCUT2D eigenvalue weighted by molar-refractivity contribution is 0.957. The highest BCUT2D eigenvalue weighted by Crippen LogP contribution is 2.33. The Labute approximate surface area is 142 Å². The van der Waals surface area contributed by atoms with Gasteiger partial charge in [-0.25, -0.2) is 4.98 Å². The van der Waals surface area contributed by atoms with E-state index in [9.17, 15) is 0 Å². The van der Waals surface area contributed by atoms with E-state index in [1.807, 2.05) is 12.3 Å². The summed E-state index contributed by atoms with van der Waals surface area (Å²) >= 11 is 0. The summed E-state index contributed by atoms with van der Waals surface area (Å²) in [6, 6.07) is 19.0. The molecule has 0 fully saturated rings. The topological polar surface area (TPSA) is 41.1 Å². The zero-order valence-corrected chi connectivity index (χ0v) is 13.7. The molecule has 4 heteroatoms. The lowest BCUT2D eigenvalue weighted by Crippen LogP contribution is -2.16. The molecule has 120 valence electrons. The molecule has 0 spiro atoms. The first kappa shape index (κ1) is 14.7. The largest absolute Gasteiger partial charge is 0.350 e. The molecule has 1 aliphatic heterocycles. The minimum Gasteiger partial charge on any atom is -0.350 e. The third-order valence-electron chi connectivity index (χ3n) is 4.38. The summed E-state index contributed by atoms with van der Waals surface area (Å²) in [4.78, 5) is 11.3. The van der Waals surface area contributed by atoms with Gasteiger partial charge < -0.3 is 10.2 Å². The third-order valence-corrected chi connectivity index (χ3v) is 4.38. The lowest BCUT2D eigenvalue weighted by Gasteiger charge is -2.18. The van der Waals surface area contributed by atoms with Crippen molar-refractivity contribution in [2.75, 3.05) is 16.8 Å². The molecular weight excluding hydrogens is 296 g/mol. The van der Waals surface area contributed by atoms with Crippen molar-refractivity contribution < 1.29 is 0 Å². The van der Waals surface area contributed by atoms with Crippen LogP contribution in [0.1, 0.15) is 16.7 Å². The van der Waals surface area contributed by atoms with Gasteiger partial charge in [-0.05, 0) is 36.6 Å². The Balaban J connectivity index is 1.51. The molecule has 2 aromatic carbocycles. The summed E-state index contributed by atoms with van der Waals surface area (Å²) in [6.45, 7) is 3.78. The van der Waals surface area contributed by atoms with Crippen LogP contribution in [0.2, 0.25) is 0 Å². The molecule has 0 unspecified atom stereocenters. The van der Waals surface area contributed by atoms with Gasteiger partial charge in [0.2, 0.25) is 5.95 Å². The van der Waals surface area contributed by atoms with E-state index in [0.717, 1.165) is 25.3 Å². The molecule has 1 aromatic heterocycles. The van der Waals surface area contributed by atoms with Crippen LogP contribution in [-0.2, 0) is 13.0 Å². The maximum Gasteiger partial charge on any atom is 0.224 e. The molecule has 0 aliphatic carbocycles. The van der Waals surface area contributed by atoms with Crippen LogP contribution in [0.15, 0.2) is 60.8 Å². The first-order valence-corrected chi connectivity index (χ1v) is 8.27. The molecule has 0 saturated heterocycles. The fraction of sp³-hybridized carbons (Fsp3) is 0.200. The van der Waals surface area contributed by atoms with Crippen molar-refractivity contribution in [3.8, 4) is 0 Å². The first-order valence-electron chi connectivity index (χ1n) is 8.27. The first-order chi connectivity index (χ1) is 11.8. The van der Waals surface area contributed by atoms with Crippen molar-refractivity contribution in [1.29, 1.82) is 0 Å². The van der Waals surface area contributed by atoms with Crippen molar-refractivity contribution in [3.63, 3.8) is 0 Å². The molecule has 0 radical (unpaired) electrons. The fourth-order valence-corrected chi connectivity index (χ4v) is 3.05. The van der Waals surface area contributed by atoms with E-state index in [0.29, 0.717) is 5.95 Å². The molecule has 3 aromatic rings. The second-order valence-corrected chi connectivity index (χ2v) is 6.11. The van der Waals surface area contributed by atoms with E-state index in [2.05, 4.69) is 75.6 Å². The second-order valence-electron chi connectivity index (χ2n) is 6.11. The van der Waals surface area contributed by atoms with Crippen LogP contribution in [0, 0.1) is 6.92 Å². The minimum atomic E-state index is 0.664. The summed E-state index contributed by atoms with van der Waals surface area (Å²) in [5, 5.41) is 3.32. The number of anilines is 3. The number of benzene rings is 2. The van der Waals surface area contributed by atoms with E-state index >= 15 is 0 Å². The molecule has 2 heterocycles. The van der Waals surface area contributed by atoms with E-state index < -0.39 is 0 Å². The summed E-state index contributed by atoms with van der Waals surface area (Å²) in [7, 11) is 0. The van der Waals surface area contributed by atoms with Gasteiger partial charge in [-0.1, -0.05) is 48.0 Å². The predicted octanol–water partition coefficient (Wildman–Crippen LogP) is 4.09. The van der Waals surface area contributed by atoms with Crippen LogP contribution in [0.4, 0.5) is 17.5 Å². The van der Waals surface area contributed by atoms with Crippen LogP contribution < -0.4 is 10.2 Å². The Morgan fingerprint density at radius 2 is 1.88 bits per heavy atom. The SMILES string of the molecule is Cc1ccc(CNc2nccc(N3CCc4ccccc43)n2)cc1. The van der Waals surface area contributed by atoms with Crippen LogP contribution in [-0.4, -0.2) is 16.5 Å². The minimum absolute atomic E-state index is 0.664. The molecule has 0 bridgehead atoms. The summed E-state index contributed by atoms with van der Waals surface area (Å²) in [5.41, 5.74) is 5.12. The highest BCUT2D eigenvalue weighted by atomic mass is 15.2. The summed E-state index contributed by atoms with van der Waals surface area (Å²) in [6.07, 6.45) is 2.88. The number of hydrogen-bond donors (Lipinski definition) is 1. The molecule has 4 nitrogen and oxygen atoms in total. The quantitative estimate of drug-likeness (QED) is 0.787. The maximum atomic E-state index is 4.69. The van der Waals surface area contributed by atoms with Gasteiger partial charge in [0.05, 0.1) is 0 Å². The predicted molar refractivity (Wildman–Crippen MR) is 97.7 cm³/mol. The zero-order valence-electron chi connectivity index (χ0n) is 13.7. The highest BCUT2D eigenvalue weighted by Gasteiger charge is 2.20. The zero-order chi connectivity index (χ0) is 16.4. The maximum absolute atomic E-state index is 4.69. The highest BCUT2D eigenvalue weighted by molar-refractivity contribution is 5.67. The molecule has 0 amide bonds. The normalized spacial score (nSPS) is 13.0. The molecular formula is C20H20N4. The van der Waals surface area contributed by atoms with Crippen LogP contribution >= 0.6 is 0 Å². The smallest absolute Gasteiger partial charge is 0.224 e. The Morgan fingerprint density at radius 1 is 1.04 bits per heavy atom. The number of para-hydroxylation sites is 1. The van der Waals surface area contributed by atoms with Gasteiger partial charge in [0.25, 0.3) is 0 Å². The van der Waals surface area contributed by atoms with Gasteiger partial charge >= 0.3 is 0 Å². The lowest BCUT2D eigenvalue weighted by atomic mass is 10.1. The van der Waals surface area contributed by atoms with E-state index in [1.165, 1.54) is 22.4 Å². The fourth-order valence-electron chi connectivity index (χ4n) is 3.05. The van der Waals surface area contributed by atoms with Crippen molar-refractivity contribution in [1.82, 2.24) is 9.97 Å². The number of aromatic nitrogens is 2. The van der Waals surface area contributed by atoms with Crippen molar-refractivity contribution in [2.45, 2.75) is 19.9 Å². The van der Waals surface area contributed by atoms with Crippen LogP contribution in [0.3, 0.4) is 0 Å². The van der Waals surface area contributed by atoms with E-state index in [-0.39, 0.29) is 0 Å². The summed E-state index contributed by atoms with van der Waals surface area (Å²) < 4.78 is 0.